The van der Waals surface area contributed by atoms with Gasteiger partial charge in [-0.3, -0.25) is 14.3 Å². The molecular formula is C28H29F2N5O4. The molecule has 1 aliphatic heterocycles. The molecule has 4 aromatic heterocycles. The maximum atomic E-state index is 13.9. The summed E-state index contributed by atoms with van der Waals surface area (Å²) in [7, 11) is 1.91. The fourth-order valence-corrected chi connectivity index (χ4v) is 5.01. The average Bonchev–Trinajstić information content (AvgIpc) is 3.00. The first kappa shape index (κ1) is 26.3. The number of pyridine rings is 3. The number of hydrogen-bond donors (Lipinski definition) is 1. The Morgan fingerprint density at radius 2 is 1.90 bits per heavy atom. The summed E-state index contributed by atoms with van der Waals surface area (Å²) in [4.78, 5) is 34.9. The van der Waals surface area contributed by atoms with Gasteiger partial charge in [0.15, 0.2) is 5.82 Å². The van der Waals surface area contributed by atoms with Crippen LogP contribution in [0.15, 0.2) is 41.5 Å². The van der Waals surface area contributed by atoms with Crippen molar-refractivity contribution >= 4 is 17.1 Å². The van der Waals surface area contributed by atoms with Crippen molar-refractivity contribution in [1.29, 1.82) is 0 Å². The van der Waals surface area contributed by atoms with Crippen LogP contribution in [0.3, 0.4) is 0 Å². The summed E-state index contributed by atoms with van der Waals surface area (Å²) in [6, 6.07) is 5.67. The van der Waals surface area contributed by atoms with Crippen LogP contribution in [0.4, 0.5) is 13.6 Å². The number of amides is 1. The normalized spacial score (nSPS) is 13.8. The van der Waals surface area contributed by atoms with Crippen LogP contribution >= 0.6 is 0 Å². The first-order chi connectivity index (χ1) is 18.4. The number of hydrogen-bond acceptors (Lipinski definition) is 5. The average molecular weight is 538 g/mol. The molecule has 0 spiro atoms. The predicted octanol–water partition coefficient (Wildman–Crippen LogP) is 4.35. The number of halogens is 2. The lowest BCUT2D eigenvalue weighted by Gasteiger charge is -2.23. The minimum absolute atomic E-state index is 0.0716. The number of aromatic nitrogens is 4. The summed E-state index contributed by atoms with van der Waals surface area (Å²) in [6.45, 7) is 6.68. The summed E-state index contributed by atoms with van der Waals surface area (Å²) in [5.74, 6) is -0.906. The number of aryl methyl sites for hydroxylation is 1. The summed E-state index contributed by atoms with van der Waals surface area (Å²) in [5, 5.41) is 10.4. The second kappa shape index (κ2) is 9.79. The van der Waals surface area contributed by atoms with E-state index >= 15 is 0 Å². The second-order valence-corrected chi connectivity index (χ2v) is 10.7. The van der Waals surface area contributed by atoms with Gasteiger partial charge >= 0.3 is 6.09 Å². The molecule has 0 saturated carbocycles. The highest BCUT2D eigenvalue weighted by atomic mass is 19.1. The van der Waals surface area contributed by atoms with E-state index in [1.165, 1.54) is 15.5 Å². The van der Waals surface area contributed by atoms with Gasteiger partial charge < -0.3 is 19.3 Å². The first-order valence-electron chi connectivity index (χ1n) is 12.6. The molecule has 0 aliphatic carbocycles. The van der Waals surface area contributed by atoms with Crippen LogP contribution in [0.1, 0.15) is 43.3 Å². The monoisotopic (exact) mass is 537 g/mol. The molecule has 0 atom stereocenters. The zero-order valence-corrected chi connectivity index (χ0v) is 22.2. The van der Waals surface area contributed by atoms with E-state index in [1.807, 2.05) is 32.4 Å². The Hall–Kier alpha value is -4.28. The summed E-state index contributed by atoms with van der Waals surface area (Å²) >= 11 is 0. The van der Waals surface area contributed by atoms with Crippen molar-refractivity contribution in [2.45, 2.75) is 45.6 Å². The highest BCUT2D eigenvalue weighted by Crippen LogP contribution is 2.34. The lowest BCUT2D eigenvalue weighted by molar-refractivity contribution is 0.147. The smallest absolute Gasteiger partial charge is 0.407 e. The summed E-state index contributed by atoms with van der Waals surface area (Å²) in [5.41, 5.74) is 2.88. The van der Waals surface area contributed by atoms with E-state index in [-0.39, 0.29) is 29.0 Å². The molecule has 1 amide bonds. The van der Waals surface area contributed by atoms with E-state index in [4.69, 9.17) is 9.72 Å². The van der Waals surface area contributed by atoms with Crippen molar-refractivity contribution in [2.75, 3.05) is 13.1 Å². The van der Waals surface area contributed by atoms with Crippen LogP contribution in [-0.4, -0.2) is 48.3 Å². The Balaban J connectivity index is 1.53. The van der Waals surface area contributed by atoms with Gasteiger partial charge in [-0.15, -0.1) is 0 Å². The molecule has 9 nitrogen and oxygen atoms in total. The number of carboxylic acid groups (broad SMARTS) is 1. The molecule has 0 bridgehead atoms. The van der Waals surface area contributed by atoms with E-state index < -0.39 is 17.7 Å². The van der Waals surface area contributed by atoms with Crippen LogP contribution in [0.25, 0.3) is 16.9 Å². The van der Waals surface area contributed by atoms with Gasteiger partial charge in [-0.1, -0.05) is 20.8 Å². The van der Waals surface area contributed by atoms with Crippen molar-refractivity contribution < 1.29 is 23.4 Å². The van der Waals surface area contributed by atoms with Gasteiger partial charge in [-0.25, -0.2) is 18.6 Å². The standard InChI is InChI=1S/C28H29F2N5O4/c1-28(2,3)20-13-19-18-6-8-34(27(37)38)9-7-23(18)33(4)25(19)32-26(20)35-10-5-17(12-24(35)36)39-15-22-21(30)11-16(29)14-31-22/h5,10-14H,6-9,15H2,1-4H3,(H,37,38). The Bertz CT molecular complexity index is 1650. The van der Waals surface area contributed by atoms with Crippen molar-refractivity contribution in [1.82, 2.24) is 24.0 Å². The highest BCUT2D eigenvalue weighted by Gasteiger charge is 2.28. The third-order valence-electron chi connectivity index (χ3n) is 7.09. The second-order valence-electron chi connectivity index (χ2n) is 10.7. The number of ether oxygens (including phenoxy) is 1. The van der Waals surface area contributed by atoms with Crippen molar-refractivity contribution in [3.05, 3.63) is 81.2 Å². The van der Waals surface area contributed by atoms with Gasteiger partial charge in [0.1, 0.15) is 35.3 Å². The van der Waals surface area contributed by atoms with Gasteiger partial charge in [0.2, 0.25) is 0 Å². The zero-order chi connectivity index (χ0) is 28.1. The van der Waals surface area contributed by atoms with Gasteiger partial charge in [-0.05, 0) is 29.5 Å². The van der Waals surface area contributed by atoms with Crippen molar-refractivity contribution in [3.63, 3.8) is 0 Å². The van der Waals surface area contributed by atoms with E-state index in [2.05, 4.69) is 11.1 Å². The molecule has 5 heterocycles. The fourth-order valence-electron chi connectivity index (χ4n) is 5.01. The van der Waals surface area contributed by atoms with Crippen molar-refractivity contribution in [2.24, 2.45) is 7.05 Å². The molecule has 0 aromatic carbocycles. The molecule has 1 N–H and O–H groups in total. The zero-order valence-electron chi connectivity index (χ0n) is 22.2. The topological polar surface area (TPSA) is 102 Å². The van der Waals surface area contributed by atoms with Crippen LogP contribution in [0, 0.1) is 11.6 Å². The molecule has 1 aliphatic rings. The number of fused-ring (bicyclic) bond motifs is 3. The quantitative estimate of drug-likeness (QED) is 0.415. The van der Waals surface area contributed by atoms with Crippen molar-refractivity contribution in [3.8, 4) is 11.6 Å². The van der Waals surface area contributed by atoms with E-state index in [9.17, 15) is 23.5 Å². The van der Waals surface area contributed by atoms with Gasteiger partial charge in [0.25, 0.3) is 5.56 Å². The van der Waals surface area contributed by atoms with E-state index in [1.54, 1.807) is 12.3 Å². The molecule has 4 aromatic rings. The maximum Gasteiger partial charge on any atom is 0.407 e. The molecule has 0 unspecified atom stereocenters. The SMILES string of the molecule is Cn1c2c(c3cc(C(C)(C)C)c(-n4ccc(OCc5ncc(F)cc5F)cc4=O)nc31)CCN(C(=O)O)CC2. The fraction of sp³-hybridized carbons (Fsp3) is 0.357. The van der Waals surface area contributed by atoms with Crippen LogP contribution in [0.5, 0.6) is 5.75 Å². The minimum atomic E-state index is -0.922. The lowest BCUT2D eigenvalue weighted by Crippen LogP contribution is -2.31. The van der Waals surface area contributed by atoms with E-state index in [0.29, 0.717) is 31.7 Å². The molecule has 5 rings (SSSR count). The Kier molecular flexibility index (Phi) is 6.61. The lowest BCUT2D eigenvalue weighted by atomic mass is 9.86. The third kappa shape index (κ3) is 4.96. The Morgan fingerprint density at radius 3 is 2.56 bits per heavy atom. The first-order valence-corrected chi connectivity index (χ1v) is 12.6. The Labute approximate surface area is 223 Å². The Morgan fingerprint density at radius 1 is 1.15 bits per heavy atom. The molecule has 0 radical (unpaired) electrons. The van der Waals surface area contributed by atoms with Gasteiger partial charge in [-0.2, -0.15) is 0 Å². The number of nitrogens with zero attached hydrogens (tertiary/aromatic N) is 5. The van der Waals surface area contributed by atoms with Gasteiger partial charge in [0.05, 0.1) is 6.20 Å². The van der Waals surface area contributed by atoms with Crippen LogP contribution < -0.4 is 10.3 Å². The predicted molar refractivity (Wildman–Crippen MR) is 141 cm³/mol. The molecule has 39 heavy (non-hydrogen) atoms. The van der Waals surface area contributed by atoms with Crippen LogP contribution in [0.2, 0.25) is 0 Å². The number of carbonyl (C=O) groups is 1. The summed E-state index contributed by atoms with van der Waals surface area (Å²) < 4.78 is 36.0. The number of rotatable bonds is 4. The largest absolute Gasteiger partial charge is 0.487 e. The molecule has 0 saturated heterocycles. The molecular weight excluding hydrogens is 508 g/mol. The molecule has 0 fully saturated rings. The van der Waals surface area contributed by atoms with Crippen LogP contribution in [-0.2, 0) is 31.9 Å². The maximum absolute atomic E-state index is 13.9. The van der Waals surface area contributed by atoms with E-state index in [0.717, 1.165) is 40.1 Å². The highest BCUT2D eigenvalue weighted by molar-refractivity contribution is 5.85. The van der Waals surface area contributed by atoms with Gasteiger partial charge in [0, 0.05) is 61.5 Å². The molecule has 204 valence electrons. The summed E-state index contributed by atoms with van der Waals surface area (Å²) in [6.07, 6.45) is 2.70. The minimum Gasteiger partial charge on any atom is -0.487 e. The molecule has 11 heteroatoms. The third-order valence-corrected chi connectivity index (χ3v) is 7.09.